The lowest BCUT2D eigenvalue weighted by Gasteiger charge is -2.20. The van der Waals surface area contributed by atoms with E-state index >= 15 is 0 Å². The van der Waals surface area contributed by atoms with Gasteiger partial charge in [-0.3, -0.25) is 4.68 Å². The second-order valence-corrected chi connectivity index (χ2v) is 7.46. The lowest BCUT2D eigenvalue weighted by Crippen LogP contribution is -2.35. The van der Waals surface area contributed by atoms with Crippen molar-refractivity contribution in [3.05, 3.63) is 47.8 Å². The second kappa shape index (κ2) is 7.14. The van der Waals surface area contributed by atoms with Crippen LogP contribution in [0.15, 0.2) is 41.4 Å². The minimum absolute atomic E-state index is 0.155. The fraction of sp³-hybridized carbons (Fsp3) is 0.471. The van der Waals surface area contributed by atoms with Gasteiger partial charge in [0.15, 0.2) is 0 Å². The maximum Gasteiger partial charge on any atom is 0.0492 e. The number of aromatic nitrogens is 2. The summed E-state index contributed by atoms with van der Waals surface area (Å²) in [7, 11) is 2.00. The summed E-state index contributed by atoms with van der Waals surface area (Å²) in [5.41, 5.74) is 2.78. The maximum absolute atomic E-state index is 4.20. The van der Waals surface area contributed by atoms with Gasteiger partial charge in [-0.15, -0.1) is 11.8 Å². The van der Waals surface area contributed by atoms with E-state index in [1.165, 1.54) is 16.2 Å². The molecule has 0 unspecified atom stereocenters. The number of nitrogens with one attached hydrogen (secondary N) is 1. The van der Waals surface area contributed by atoms with Crippen LogP contribution in [0.2, 0.25) is 0 Å². The molecule has 3 nitrogen and oxygen atoms in total. The minimum Gasteiger partial charge on any atom is -0.308 e. The largest absolute Gasteiger partial charge is 0.308 e. The van der Waals surface area contributed by atoms with Gasteiger partial charge in [-0.1, -0.05) is 12.1 Å². The van der Waals surface area contributed by atoms with Crippen LogP contribution in [0.5, 0.6) is 0 Å². The maximum atomic E-state index is 4.20. The van der Waals surface area contributed by atoms with Crippen molar-refractivity contribution in [2.75, 3.05) is 5.75 Å². The summed E-state index contributed by atoms with van der Waals surface area (Å²) >= 11 is 1.91. The van der Waals surface area contributed by atoms with Crippen molar-refractivity contribution in [3.63, 3.8) is 0 Å². The molecule has 0 fully saturated rings. The van der Waals surface area contributed by atoms with Crippen LogP contribution >= 0.6 is 11.8 Å². The Hall–Kier alpha value is -1.26. The van der Waals surface area contributed by atoms with Crippen LogP contribution in [0.3, 0.4) is 0 Å². The molecule has 114 valence electrons. The number of thioether (sulfide) groups is 1. The van der Waals surface area contributed by atoms with Crippen LogP contribution in [0.1, 0.15) is 32.0 Å². The Morgan fingerprint density at radius 1 is 1.24 bits per heavy atom. The monoisotopic (exact) mass is 303 g/mol. The summed E-state index contributed by atoms with van der Waals surface area (Å²) < 4.78 is 1.95. The van der Waals surface area contributed by atoms with E-state index in [9.17, 15) is 0 Å². The molecule has 1 heterocycles. The van der Waals surface area contributed by atoms with Crippen LogP contribution in [-0.2, 0) is 20.0 Å². The van der Waals surface area contributed by atoms with E-state index in [-0.39, 0.29) is 5.54 Å². The highest BCUT2D eigenvalue weighted by molar-refractivity contribution is 7.99. The molecule has 0 bridgehead atoms. The second-order valence-electron chi connectivity index (χ2n) is 6.30. The molecule has 21 heavy (non-hydrogen) atoms. The zero-order valence-electron chi connectivity index (χ0n) is 13.4. The van der Waals surface area contributed by atoms with E-state index in [0.29, 0.717) is 0 Å². The number of aryl methyl sites for hydroxylation is 2. The quantitative estimate of drug-likeness (QED) is 0.826. The van der Waals surface area contributed by atoms with Crippen molar-refractivity contribution in [1.82, 2.24) is 15.1 Å². The lowest BCUT2D eigenvalue weighted by atomic mass is 10.1. The average Bonchev–Trinajstić information content (AvgIpc) is 2.82. The molecular formula is C17H25N3S. The van der Waals surface area contributed by atoms with Crippen LogP contribution < -0.4 is 5.32 Å². The molecule has 1 aromatic carbocycles. The molecule has 0 aliphatic rings. The van der Waals surface area contributed by atoms with Gasteiger partial charge in [0.25, 0.3) is 0 Å². The smallest absolute Gasteiger partial charge is 0.0492 e. The standard InChI is InChI=1S/C17H25N3S/c1-17(2,3)18-13-14-6-5-7-16(12-14)21-11-9-15-8-10-19-20(15)4/h5-8,10,12,18H,9,11,13H2,1-4H3. The molecule has 0 amide bonds. The van der Waals surface area contributed by atoms with Gasteiger partial charge in [0.1, 0.15) is 0 Å². The molecule has 2 aromatic rings. The van der Waals surface area contributed by atoms with Gasteiger partial charge in [0.2, 0.25) is 0 Å². The first-order valence-electron chi connectivity index (χ1n) is 7.38. The van der Waals surface area contributed by atoms with Crippen LogP contribution in [0, 0.1) is 0 Å². The zero-order valence-corrected chi connectivity index (χ0v) is 14.2. The number of nitrogens with zero attached hydrogens (tertiary/aromatic N) is 2. The van der Waals surface area contributed by atoms with Crippen LogP contribution in [0.4, 0.5) is 0 Å². The first-order valence-corrected chi connectivity index (χ1v) is 8.36. The van der Waals surface area contributed by atoms with Gasteiger partial charge in [-0.05, 0) is 51.0 Å². The minimum atomic E-state index is 0.155. The molecule has 1 N–H and O–H groups in total. The van der Waals surface area contributed by atoms with Crippen LogP contribution in [-0.4, -0.2) is 21.1 Å². The average molecular weight is 303 g/mol. The SMILES string of the molecule is Cn1nccc1CCSc1cccc(CNC(C)(C)C)c1. The molecule has 0 aliphatic carbocycles. The molecule has 0 saturated carbocycles. The van der Waals surface area contributed by atoms with E-state index in [1.54, 1.807) is 0 Å². The van der Waals surface area contributed by atoms with Crippen molar-refractivity contribution in [3.8, 4) is 0 Å². The van der Waals surface area contributed by atoms with Gasteiger partial charge in [-0.25, -0.2) is 0 Å². The number of hydrogen-bond acceptors (Lipinski definition) is 3. The summed E-state index contributed by atoms with van der Waals surface area (Å²) in [5.74, 6) is 1.08. The highest BCUT2D eigenvalue weighted by atomic mass is 32.2. The summed E-state index contributed by atoms with van der Waals surface area (Å²) in [6, 6.07) is 10.9. The lowest BCUT2D eigenvalue weighted by molar-refractivity contribution is 0.424. The Bertz CT molecular complexity index is 569. The first-order chi connectivity index (χ1) is 9.94. The Labute approximate surface area is 132 Å². The van der Waals surface area contributed by atoms with Crippen molar-refractivity contribution in [2.24, 2.45) is 7.05 Å². The van der Waals surface area contributed by atoms with E-state index < -0.39 is 0 Å². The summed E-state index contributed by atoms with van der Waals surface area (Å²) in [6.07, 6.45) is 2.91. The Balaban J connectivity index is 1.85. The number of hydrogen-bond donors (Lipinski definition) is 1. The fourth-order valence-corrected chi connectivity index (χ4v) is 2.99. The normalized spacial score (nSPS) is 11.8. The first kappa shape index (κ1) is 16.1. The highest BCUT2D eigenvalue weighted by Crippen LogP contribution is 2.20. The van der Waals surface area contributed by atoms with E-state index in [2.05, 4.69) is 61.5 Å². The van der Waals surface area contributed by atoms with Gasteiger partial charge in [0, 0.05) is 41.7 Å². The van der Waals surface area contributed by atoms with Gasteiger partial charge in [0.05, 0.1) is 0 Å². The number of rotatable bonds is 6. The van der Waals surface area contributed by atoms with Crippen LogP contribution in [0.25, 0.3) is 0 Å². The Kier molecular flexibility index (Phi) is 5.48. The fourth-order valence-electron chi connectivity index (χ4n) is 2.03. The third kappa shape index (κ3) is 5.56. The molecule has 2 rings (SSSR count). The number of benzene rings is 1. The third-order valence-corrected chi connectivity index (χ3v) is 4.27. The predicted octanol–water partition coefficient (Wildman–Crippen LogP) is 3.64. The van der Waals surface area contributed by atoms with Crippen molar-refractivity contribution >= 4 is 11.8 Å². The highest BCUT2D eigenvalue weighted by Gasteiger charge is 2.08. The summed E-state index contributed by atoms with van der Waals surface area (Å²) in [5, 5.41) is 7.73. The topological polar surface area (TPSA) is 29.9 Å². The van der Waals surface area contributed by atoms with Crippen molar-refractivity contribution in [2.45, 2.75) is 44.2 Å². The molecule has 4 heteroatoms. The third-order valence-electron chi connectivity index (χ3n) is 3.27. The predicted molar refractivity (Wildman–Crippen MR) is 90.7 cm³/mol. The van der Waals surface area contributed by atoms with Crippen molar-refractivity contribution in [1.29, 1.82) is 0 Å². The van der Waals surface area contributed by atoms with Gasteiger partial charge in [-0.2, -0.15) is 5.10 Å². The van der Waals surface area contributed by atoms with E-state index in [0.717, 1.165) is 18.7 Å². The van der Waals surface area contributed by atoms with Crippen molar-refractivity contribution < 1.29 is 0 Å². The molecule has 0 saturated heterocycles. The molecule has 0 spiro atoms. The van der Waals surface area contributed by atoms with E-state index in [4.69, 9.17) is 0 Å². The molecule has 0 aliphatic heterocycles. The molecular weight excluding hydrogens is 278 g/mol. The zero-order chi connectivity index (χ0) is 15.3. The van der Waals surface area contributed by atoms with Gasteiger partial charge >= 0.3 is 0 Å². The Morgan fingerprint density at radius 2 is 2.05 bits per heavy atom. The summed E-state index contributed by atoms with van der Waals surface area (Å²) in [6.45, 7) is 7.50. The molecule has 1 aromatic heterocycles. The van der Waals surface area contributed by atoms with Gasteiger partial charge < -0.3 is 5.32 Å². The molecule has 0 atom stereocenters. The Morgan fingerprint density at radius 3 is 2.71 bits per heavy atom. The van der Waals surface area contributed by atoms with E-state index in [1.807, 2.05) is 29.7 Å². The molecule has 0 radical (unpaired) electrons. The summed E-state index contributed by atoms with van der Waals surface area (Å²) in [4.78, 5) is 1.34.